The summed E-state index contributed by atoms with van der Waals surface area (Å²) in [7, 11) is 0. The predicted molar refractivity (Wildman–Crippen MR) is 96.0 cm³/mol. The Morgan fingerprint density at radius 3 is 2.50 bits per heavy atom. The van der Waals surface area contributed by atoms with E-state index < -0.39 is 5.97 Å². The van der Waals surface area contributed by atoms with Crippen LogP contribution in [0, 0.1) is 0 Å². The largest absolute Gasteiger partial charge is 0.462 e. The maximum Gasteiger partial charge on any atom is 0.340 e. The summed E-state index contributed by atoms with van der Waals surface area (Å²) in [4.78, 5) is 24.0. The Morgan fingerprint density at radius 1 is 1.04 bits per heavy atom. The lowest BCUT2D eigenvalue weighted by Crippen LogP contribution is -2.23. The van der Waals surface area contributed by atoms with E-state index in [0.717, 1.165) is 0 Å². The van der Waals surface area contributed by atoms with Gasteiger partial charge in [-0.05, 0) is 31.2 Å². The molecule has 0 aliphatic carbocycles. The molecule has 2 rings (SSSR count). The standard InChI is InChI=1S/C17H16Cl2N2O3/c1-2-24-17(23)11-6-3-4-8-13(11)20-10-15(22)21-14-9-5-7-12(18)16(14)19/h3-9,20H,2,10H2,1H3,(H,21,22). The van der Waals surface area contributed by atoms with E-state index in [1.165, 1.54) is 0 Å². The Hall–Kier alpha value is -2.24. The third-order valence-electron chi connectivity index (χ3n) is 3.09. The highest BCUT2D eigenvalue weighted by Crippen LogP contribution is 2.29. The molecule has 2 aromatic carbocycles. The van der Waals surface area contributed by atoms with Crippen molar-refractivity contribution in [3.63, 3.8) is 0 Å². The molecule has 2 aromatic rings. The third-order valence-corrected chi connectivity index (χ3v) is 3.91. The molecule has 2 N–H and O–H groups in total. The number of halogens is 2. The van der Waals surface area contributed by atoms with Crippen molar-refractivity contribution in [1.82, 2.24) is 0 Å². The van der Waals surface area contributed by atoms with Crippen molar-refractivity contribution in [3.8, 4) is 0 Å². The summed E-state index contributed by atoms with van der Waals surface area (Å²) in [6.45, 7) is 1.97. The lowest BCUT2D eigenvalue weighted by Gasteiger charge is -2.12. The zero-order chi connectivity index (χ0) is 17.5. The normalized spacial score (nSPS) is 10.1. The van der Waals surface area contributed by atoms with Gasteiger partial charge in [-0.25, -0.2) is 4.79 Å². The molecule has 7 heteroatoms. The lowest BCUT2D eigenvalue weighted by molar-refractivity contribution is -0.114. The van der Waals surface area contributed by atoms with E-state index in [-0.39, 0.29) is 24.1 Å². The second kappa shape index (κ2) is 8.57. The van der Waals surface area contributed by atoms with Crippen molar-refractivity contribution in [2.45, 2.75) is 6.92 Å². The molecule has 0 spiro atoms. The zero-order valence-corrected chi connectivity index (χ0v) is 14.4. The number of carbonyl (C=O) groups is 2. The van der Waals surface area contributed by atoms with Gasteiger partial charge in [0.05, 0.1) is 34.4 Å². The molecule has 0 atom stereocenters. The summed E-state index contributed by atoms with van der Waals surface area (Å²) in [5.41, 5.74) is 1.31. The first-order valence-electron chi connectivity index (χ1n) is 7.26. The van der Waals surface area contributed by atoms with Gasteiger partial charge in [-0.3, -0.25) is 4.79 Å². The lowest BCUT2D eigenvalue weighted by atomic mass is 10.2. The van der Waals surface area contributed by atoms with E-state index in [0.29, 0.717) is 22.0 Å². The summed E-state index contributed by atoms with van der Waals surface area (Å²) < 4.78 is 4.99. The zero-order valence-electron chi connectivity index (χ0n) is 12.9. The number of benzene rings is 2. The highest BCUT2D eigenvalue weighted by atomic mass is 35.5. The summed E-state index contributed by atoms with van der Waals surface area (Å²) in [5, 5.41) is 6.21. The summed E-state index contributed by atoms with van der Waals surface area (Å²) in [5.74, 6) is -0.767. The van der Waals surface area contributed by atoms with Gasteiger partial charge in [-0.2, -0.15) is 0 Å². The molecule has 0 aliphatic rings. The van der Waals surface area contributed by atoms with E-state index >= 15 is 0 Å². The maximum atomic E-state index is 12.1. The Morgan fingerprint density at radius 2 is 1.75 bits per heavy atom. The van der Waals surface area contributed by atoms with Crippen LogP contribution in [0.4, 0.5) is 11.4 Å². The van der Waals surface area contributed by atoms with Gasteiger partial charge in [0.15, 0.2) is 0 Å². The van der Waals surface area contributed by atoms with Crippen LogP contribution in [0.5, 0.6) is 0 Å². The number of anilines is 2. The van der Waals surface area contributed by atoms with Crippen LogP contribution < -0.4 is 10.6 Å². The van der Waals surface area contributed by atoms with Crippen molar-refractivity contribution in [1.29, 1.82) is 0 Å². The number of hydrogen-bond donors (Lipinski definition) is 2. The Kier molecular flexibility index (Phi) is 6.46. The molecule has 0 unspecified atom stereocenters. The molecule has 0 heterocycles. The molecule has 0 radical (unpaired) electrons. The molecular formula is C17H16Cl2N2O3. The van der Waals surface area contributed by atoms with Gasteiger partial charge in [0.25, 0.3) is 0 Å². The summed E-state index contributed by atoms with van der Waals surface area (Å²) >= 11 is 11.9. The minimum absolute atomic E-state index is 0.0424. The minimum atomic E-state index is -0.445. The second-order valence-electron chi connectivity index (χ2n) is 4.77. The van der Waals surface area contributed by atoms with Gasteiger partial charge >= 0.3 is 5.97 Å². The van der Waals surface area contributed by atoms with Crippen molar-refractivity contribution < 1.29 is 14.3 Å². The molecule has 0 saturated heterocycles. The second-order valence-corrected chi connectivity index (χ2v) is 5.55. The molecule has 0 aliphatic heterocycles. The van der Waals surface area contributed by atoms with Crippen molar-refractivity contribution in [2.24, 2.45) is 0 Å². The predicted octanol–water partition coefficient (Wildman–Crippen LogP) is 4.22. The number of para-hydroxylation sites is 1. The minimum Gasteiger partial charge on any atom is -0.462 e. The molecule has 126 valence electrons. The monoisotopic (exact) mass is 366 g/mol. The number of carbonyl (C=O) groups excluding carboxylic acids is 2. The number of hydrogen-bond acceptors (Lipinski definition) is 4. The van der Waals surface area contributed by atoms with Gasteiger partial charge in [0.2, 0.25) is 5.91 Å². The first kappa shape index (κ1) is 18.1. The Labute approximate surface area is 149 Å². The number of ether oxygens (including phenoxy) is 1. The number of rotatable bonds is 6. The van der Waals surface area contributed by atoms with Crippen LogP contribution in [0.1, 0.15) is 17.3 Å². The van der Waals surface area contributed by atoms with Crippen LogP contribution in [-0.4, -0.2) is 25.0 Å². The molecule has 0 fully saturated rings. The van der Waals surface area contributed by atoms with Gasteiger partial charge in [-0.1, -0.05) is 41.4 Å². The van der Waals surface area contributed by atoms with E-state index in [1.54, 1.807) is 49.4 Å². The highest BCUT2D eigenvalue weighted by Gasteiger charge is 2.13. The fraction of sp³-hybridized carbons (Fsp3) is 0.176. The van der Waals surface area contributed by atoms with Gasteiger partial charge in [0.1, 0.15) is 0 Å². The van der Waals surface area contributed by atoms with Crippen LogP contribution in [0.2, 0.25) is 10.0 Å². The van der Waals surface area contributed by atoms with E-state index in [9.17, 15) is 9.59 Å². The molecule has 1 amide bonds. The summed E-state index contributed by atoms with van der Waals surface area (Å²) in [6.07, 6.45) is 0. The quantitative estimate of drug-likeness (QED) is 0.751. The number of nitrogens with one attached hydrogen (secondary N) is 2. The van der Waals surface area contributed by atoms with Crippen molar-refractivity contribution >= 4 is 46.5 Å². The average molecular weight is 367 g/mol. The number of amides is 1. The Balaban J connectivity index is 2.02. The van der Waals surface area contributed by atoms with E-state index in [2.05, 4.69) is 10.6 Å². The molecule has 0 saturated carbocycles. The van der Waals surface area contributed by atoms with Gasteiger partial charge in [-0.15, -0.1) is 0 Å². The first-order valence-corrected chi connectivity index (χ1v) is 8.02. The van der Waals surface area contributed by atoms with E-state index in [1.807, 2.05) is 0 Å². The van der Waals surface area contributed by atoms with Crippen LogP contribution in [0.25, 0.3) is 0 Å². The molecule has 0 bridgehead atoms. The van der Waals surface area contributed by atoms with Crippen molar-refractivity contribution in [3.05, 3.63) is 58.1 Å². The molecule has 0 aromatic heterocycles. The smallest absolute Gasteiger partial charge is 0.340 e. The van der Waals surface area contributed by atoms with Crippen molar-refractivity contribution in [2.75, 3.05) is 23.8 Å². The fourth-order valence-electron chi connectivity index (χ4n) is 1.99. The SMILES string of the molecule is CCOC(=O)c1ccccc1NCC(=O)Nc1cccc(Cl)c1Cl. The molecule has 24 heavy (non-hydrogen) atoms. The fourth-order valence-corrected chi connectivity index (χ4v) is 2.34. The Bertz CT molecular complexity index is 750. The van der Waals surface area contributed by atoms with Crippen LogP contribution in [0.15, 0.2) is 42.5 Å². The van der Waals surface area contributed by atoms with Gasteiger partial charge < -0.3 is 15.4 Å². The van der Waals surface area contributed by atoms with Gasteiger partial charge in [0, 0.05) is 5.69 Å². The highest BCUT2D eigenvalue weighted by molar-refractivity contribution is 6.44. The van der Waals surface area contributed by atoms with E-state index in [4.69, 9.17) is 27.9 Å². The maximum absolute atomic E-state index is 12.1. The summed E-state index contributed by atoms with van der Waals surface area (Å²) in [6, 6.07) is 11.8. The van der Waals surface area contributed by atoms with Crippen LogP contribution in [0.3, 0.4) is 0 Å². The first-order chi connectivity index (χ1) is 11.5. The molecular weight excluding hydrogens is 351 g/mol. The third kappa shape index (κ3) is 4.63. The average Bonchev–Trinajstić information content (AvgIpc) is 2.57. The van der Waals surface area contributed by atoms with Crippen LogP contribution >= 0.6 is 23.2 Å². The molecule has 5 nitrogen and oxygen atoms in total. The topological polar surface area (TPSA) is 67.4 Å². The van der Waals surface area contributed by atoms with Crippen LogP contribution in [-0.2, 0) is 9.53 Å². The number of esters is 1.